The maximum atomic E-state index is 13.2. The van der Waals surface area contributed by atoms with E-state index >= 15 is 0 Å². The van der Waals surface area contributed by atoms with Crippen LogP contribution >= 0.6 is 0 Å². The smallest absolute Gasteiger partial charge is 0.410 e. The Balaban J connectivity index is 1.11. The molecule has 4 N–H and O–H groups in total. The van der Waals surface area contributed by atoms with E-state index in [0.717, 1.165) is 52.3 Å². The molecule has 0 aliphatic carbocycles. The van der Waals surface area contributed by atoms with E-state index in [1.807, 2.05) is 51.3 Å². The molecule has 2 aliphatic rings. The quantitative estimate of drug-likeness (QED) is 0.158. The number of ether oxygens (including phenoxy) is 3. The van der Waals surface area contributed by atoms with Crippen LogP contribution < -0.4 is 10.6 Å². The molecule has 2 aromatic heterocycles. The third kappa shape index (κ3) is 9.07. The highest BCUT2D eigenvalue weighted by molar-refractivity contribution is 5.86. The number of likely N-dealkylation sites (tertiary alicyclic amines) is 1. The van der Waals surface area contributed by atoms with Gasteiger partial charge in [-0.15, -0.1) is 0 Å². The number of allylic oxidation sites excluding steroid dienone is 1. The minimum absolute atomic E-state index is 0.138. The lowest BCUT2D eigenvalue weighted by Gasteiger charge is -2.27. The van der Waals surface area contributed by atoms with Crippen LogP contribution in [-0.4, -0.2) is 81.4 Å². The first-order valence-corrected chi connectivity index (χ1v) is 17.8. The number of methoxy groups -OCH3 is 1. The number of carbonyl (C=O) groups excluding carboxylic acids is 3. The zero-order chi connectivity index (χ0) is 36.7. The maximum Gasteiger partial charge on any atom is 0.410 e. The fourth-order valence-electron chi connectivity index (χ4n) is 6.41. The molecule has 1 fully saturated rings. The van der Waals surface area contributed by atoms with Crippen LogP contribution in [0.25, 0.3) is 33.6 Å². The summed E-state index contributed by atoms with van der Waals surface area (Å²) in [6, 6.07) is 15.1. The van der Waals surface area contributed by atoms with Crippen molar-refractivity contribution in [2.75, 3.05) is 26.9 Å². The lowest BCUT2D eigenvalue weighted by atomic mass is 10.0. The van der Waals surface area contributed by atoms with Crippen molar-refractivity contribution in [2.24, 2.45) is 0 Å². The van der Waals surface area contributed by atoms with Gasteiger partial charge in [0.15, 0.2) is 0 Å². The van der Waals surface area contributed by atoms with Gasteiger partial charge in [-0.3, -0.25) is 9.69 Å². The number of alkyl carbamates (subject to hydrolysis) is 1. The monoisotopic (exact) mass is 709 g/mol. The molecule has 3 unspecified atom stereocenters. The average molecular weight is 710 g/mol. The zero-order valence-electron chi connectivity index (χ0n) is 30.1. The first kappa shape index (κ1) is 36.4. The van der Waals surface area contributed by atoms with Gasteiger partial charge in [-0.05, 0) is 75.1 Å². The van der Waals surface area contributed by atoms with Gasteiger partial charge in [0.25, 0.3) is 0 Å². The number of aromatic nitrogens is 4. The summed E-state index contributed by atoms with van der Waals surface area (Å²) in [5, 5.41) is 5.67. The summed E-state index contributed by atoms with van der Waals surface area (Å²) < 4.78 is 16.1. The van der Waals surface area contributed by atoms with Crippen LogP contribution in [0.1, 0.15) is 76.6 Å². The Bertz CT molecular complexity index is 1860. The van der Waals surface area contributed by atoms with Gasteiger partial charge < -0.3 is 34.8 Å². The number of nitrogens with one attached hydrogen (secondary N) is 4. The molecule has 2 aliphatic heterocycles. The summed E-state index contributed by atoms with van der Waals surface area (Å²) >= 11 is 0. The van der Waals surface area contributed by atoms with Crippen molar-refractivity contribution in [2.45, 2.75) is 76.6 Å². The van der Waals surface area contributed by atoms with E-state index in [2.05, 4.69) is 67.0 Å². The van der Waals surface area contributed by atoms with Gasteiger partial charge in [-0.2, -0.15) is 0 Å². The Labute approximate surface area is 303 Å². The third-order valence-electron chi connectivity index (χ3n) is 9.11. The van der Waals surface area contributed by atoms with E-state index in [1.54, 1.807) is 11.1 Å². The van der Waals surface area contributed by atoms with Gasteiger partial charge in [0.2, 0.25) is 5.91 Å². The number of amides is 3. The number of imidazole rings is 2. The Morgan fingerprint density at radius 1 is 0.865 bits per heavy atom. The predicted octanol–water partition coefficient (Wildman–Crippen LogP) is 6.84. The van der Waals surface area contributed by atoms with Crippen LogP contribution in [0.15, 0.2) is 73.1 Å². The number of rotatable bonds is 6. The van der Waals surface area contributed by atoms with E-state index in [-0.39, 0.29) is 18.0 Å². The van der Waals surface area contributed by atoms with Crippen molar-refractivity contribution in [3.05, 3.63) is 84.7 Å². The van der Waals surface area contributed by atoms with Crippen LogP contribution in [0.5, 0.6) is 0 Å². The van der Waals surface area contributed by atoms with E-state index in [0.29, 0.717) is 44.8 Å². The molecular weight excluding hydrogens is 662 g/mol. The lowest BCUT2D eigenvalue weighted by Crippen LogP contribution is -2.48. The summed E-state index contributed by atoms with van der Waals surface area (Å²) in [7, 11) is 1.27. The molecule has 4 heterocycles. The second-order valence-electron chi connectivity index (χ2n) is 14.0. The molecule has 13 heteroatoms. The van der Waals surface area contributed by atoms with Gasteiger partial charge >= 0.3 is 12.2 Å². The van der Waals surface area contributed by atoms with E-state index in [4.69, 9.17) is 14.2 Å². The molecule has 52 heavy (non-hydrogen) atoms. The number of hydrogen-bond acceptors (Lipinski definition) is 8. The van der Waals surface area contributed by atoms with Gasteiger partial charge in [0, 0.05) is 13.2 Å². The summed E-state index contributed by atoms with van der Waals surface area (Å²) in [4.78, 5) is 55.8. The highest BCUT2D eigenvalue weighted by Crippen LogP contribution is 2.33. The van der Waals surface area contributed by atoms with Gasteiger partial charge in [-0.25, -0.2) is 19.6 Å². The minimum Gasteiger partial charge on any atom is -0.453 e. The number of benzene rings is 2. The molecule has 4 aromatic rings. The normalized spacial score (nSPS) is 20.7. The molecule has 1 saturated heterocycles. The van der Waals surface area contributed by atoms with Crippen LogP contribution in [0.3, 0.4) is 0 Å². The number of nitrogens with zero attached hydrogens (tertiary/aromatic N) is 3. The number of carbonyl (C=O) groups is 3. The molecule has 0 bridgehead atoms. The Kier molecular flexibility index (Phi) is 11.4. The highest BCUT2D eigenvalue weighted by Gasteiger charge is 2.35. The first-order valence-electron chi connectivity index (χ1n) is 17.8. The van der Waals surface area contributed by atoms with Crippen molar-refractivity contribution < 1.29 is 28.6 Å². The fourth-order valence-corrected chi connectivity index (χ4v) is 6.41. The molecular formula is C39H47N7O6. The highest BCUT2D eigenvalue weighted by atomic mass is 16.6. The predicted molar refractivity (Wildman–Crippen MR) is 196 cm³/mol. The topological polar surface area (TPSA) is 164 Å². The molecule has 6 rings (SSSR count). The van der Waals surface area contributed by atoms with Crippen LogP contribution in [0.4, 0.5) is 9.59 Å². The molecule has 0 spiro atoms. The van der Waals surface area contributed by atoms with Crippen molar-refractivity contribution in [3.63, 3.8) is 0 Å². The van der Waals surface area contributed by atoms with Crippen LogP contribution in [0, 0.1) is 0 Å². The molecule has 0 saturated carbocycles. The van der Waals surface area contributed by atoms with Gasteiger partial charge in [-0.1, -0.05) is 60.7 Å². The molecule has 13 nitrogen and oxygen atoms in total. The molecule has 3 amide bonds. The maximum absolute atomic E-state index is 13.2. The fraction of sp³-hybridized carbons (Fsp3) is 0.410. The second-order valence-corrected chi connectivity index (χ2v) is 14.0. The Morgan fingerprint density at radius 3 is 2.12 bits per heavy atom. The number of aromatic amines is 2. The van der Waals surface area contributed by atoms with E-state index in [1.165, 1.54) is 7.11 Å². The largest absolute Gasteiger partial charge is 0.453 e. The molecule has 274 valence electrons. The van der Waals surface area contributed by atoms with Crippen molar-refractivity contribution >= 4 is 18.1 Å². The van der Waals surface area contributed by atoms with Crippen LogP contribution in [-0.2, 0) is 19.0 Å². The number of hydrogen-bond donors (Lipinski definition) is 4. The van der Waals surface area contributed by atoms with E-state index in [9.17, 15) is 14.4 Å². The second kappa shape index (κ2) is 16.3. The van der Waals surface area contributed by atoms with Gasteiger partial charge in [0.05, 0.1) is 49.6 Å². The Morgan fingerprint density at radius 2 is 1.48 bits per heavy atom. The summed E-state index contributed by atoms with van der Waals surface area (Å²) in [5.41, 5.74) is 5.21. The average Bonchev–Trinajstić information content (AvgIpc) is 3.92. The van der Waals surface area contributed by atoms with Crippen molar-refractivity contribution in [1.29, 1.82) is 0 Å². The zero-order valence-corrected chi connectivity index (χ0v) is 30.1. The minimum atomic E-state index is -0.748. The van der Waals surface area contributed by atoms with Crippen molar-refractivity contribution in [3.8, 4) is 33.6 Å². The van der Waals surface area contributed by atoms with Crippen molar-refractivity contribution in [1.82, 2.24) is 35.5 Å². The molecule has 3 atom stereocenters. The molecule has 2 aromatic carbocycles. The number of H-pyrrole nitrogens is 2. The third-order valence-corrected chi connectivity index (χ3v) is 9.11. The summed E-state index contributed by atoms with van der Waals surface area (Å²) in [6.45, 7) is 7.16. The Hall–Kier alpha value is -5.43. The lowest BCUT2D eigenvalue weighted by molar-refractivity contribution is -0.124. The SMILES string of the molecule is COC(=O)NC1CC/C=C\COCCC(c2ncc(-c3ccc(-c4ccc(-c5cnc(C6CCCN6C(=O)OC(C)(C)C)[nH]5)cc4)cc3)[nH]2)NC1=O. The van der Waals surface area contributed by atoms with E-state index < -0.39 is 23.8 Å². The van der Waals surface area contributed by atoms with Crippen LogP contribution in [0.2, 0.25) is 0 Å². The first-order chi connectivity index (χ1) is 25.1. The summed E-state index contributed by atoms with van der Waals surface area (Å²) in [6.07, 6.45) is 9.72. The molecule has 0 radical (unpaired) electrons. The standard InChI is InChI=1S/C39H47N7O6/c1-39(2,3)52-38(49)46-20-8-10-33(46)35-41-24-32(43-35)28-17-13-26(14-18-28)25-11-15-27(16-12-25)31-23-40-34(42-31)29-19-22-51-21-7-5-6-9-30(36(47)44-29)45-37(48)50-4/h5,7,11-18,23-24,29-30,33H,6,8-10,19-22H2,1-4H3,(H,40,42)(H,41,43)(H,44,47)(H,45,48)/b7-5-. The van der Waals surface area contributed by atoms with Gasteiger partial charge in [0.1, 0.15) is 23.3 Å². The summed E-state index contributed by atoms with van der Waals surface area (Å²) in [5.74, 6) is 1.05.